The number of aromatic nitrogens is 2. The van der Waals surface area contributed by atoms with Crippen LogP contribution < -0.4 is 5.43 Å². The molecule has 0 saturated heterocycles. The van der Waals surface area contributed by atoms with E-state index in [-0.39, 0.29) is 5.91 Å². The standard InChI is InChI=1S/C15H16Cl2N4O/c1-9-12(10(2)20-19-9)6-7-14(22)21-18-8-11-4-3-5-13(16)15(11)17/h3-5,8H,6-7H2,1-2H3,(H,19,20)(H,21,22). The molecule has 0 atom stereocenters. The Hall–Kier alpha value is -1.85. The van der Waals surface area contributed by atoms with Gasteiger partial charge >= 0.3 is 0 Å². The van der Waals surface area contributed by atoms with Gasteiger partial charge in [0.05, 0.1) is 22.0 Å². The Morgan fingerprint density at radius 1 is 1.41 bits per heavy atom. The molecule has 22 heavy (non-hydrogen) atoms. The lowest BCUT2D eigenvalue weighted by atomic mass is 10.1. The van der Waals surface area contributed by atoms with Crippen molar-refractivity contribution in [2.45, 2.75) is 26.7 Å². The lowest BCUT2D eigenvalue weighted by molar-refractivity contribution is -0.121. The summed E-state index contributed by atoms with van der Waals surface area (Å²) in [4.78, 5) is 11.8. The van der Waals surface area contributed by atoms with Crippen LogP contribution in [0.4, 0.5) is 0 Å². The molecule has 7 heteroatoms. The van der Waals surface area contributed by atoms with Gasteiger partial charge in [0.15, 0.2) is 0 Å². The van der Waals surface area contributed by atoms with E-state index in [1.165, 1.54) is 6.21 Å². The van der Waals surface area contributed by atoms with Crippen molar-refractivity contribution >= 4 is 35.3 Å². The highest BCUT2D eigenvalue weighted by molar-refractivity contribution is 6.43. The highest BCUT2D eigenvalue weighted by Gasteiger charge is 2.08. The summed E-state index contributed by atoms with van der Waals surface area (Å²) in [5.74, 6) is -0.172. The summed E-state index contributed by atoms with van der Waals surface area (Å²) in [6.07, 6.45) is 2.43. The van der Waals surface area contributed by atoms with Crippen LogP contribution in [0, 0.1) is 13.8 Å². The Morgan fingerprint density at radius 2 is 2.18 bits per heavy atom. The highest BCUT2D eigenvalue weighted by atomic mass is 35.5. The summed E-state index contributed by atoms with van der Waals surface area (Å²) in [6.45, 7) is 3.85. The normalized spacial score (nSPS) is 11.1. The maximum Gasteiger partial charge on any atom is 0.240 e. The molecule has 0 aliphatic carbocycles. The number of nitrogens with zero attached hydrogens (tertiary/aromatic N) is 2. The van der Waals surface area contributed by atoms with E-state index >= 15 is 0 Å². The second kappa shape index (κ2) is 7.42. The molecule has 0 unspecified atom stereocenters. The van der Waals surface area contributed by atoms with Crippen LogP contribution in [0.3, 0.4) is 0 Å². The molecule has 0 aliphatic rings. The average Bonchev–Trinajstić information content (AvgIpc) is 2.80. The lowest BCUT2D eigenvalue weighted by Crippen LogP contribution is -2.18. The molecule has 2 N–H and O–H groups in total. The van der Waals surface area contributed by atoms with Gasteiger partial charge in [-0.1, -0.05) is 35.3 Å². The Balaban J connectivity index is 1.88. The van der Waals surface area contributed by atoms with E-state index in [0.29, 0.717) is 28.5 Å². The number of hydrogen-bond acceptors (Lipinski definition) is 3. The van der Waals surface area contributed by atoms with Crippen LogP contribution in [-0.2, 0) is 11.2 Å². The summed E-state index contributed by atoms with van der Waals surface area (Å²) in [5.41, 5.74) is 6.09. The van der Waals surface area contributed by atoms with Crippen LogP contribution >= 0.6 is 23.2 Å². The minimum absolute atomic E-state index is 0.172. The molecule has 0 spiro atoms. The van der Waals surface area contributed by atoms with Gasteiger partial charge in [-0.05, 0) is 31.9 Å². The summed E-state index contributed by atoms with van der Waals surface area (Å²) in [5, 5.41) is 11.8. The summed E-state index contributed by atoms with van der Waals surface area (Å²) in [6, 6.07) is 5.22. The molecule has 0 saturated carbocycles. The van der Waals surface area contributed by atoms with Gasteiger partial charge < -0.3 is 0 Å². The van der Waals surface area contributed by atoms with E-state index in [0.717, 1.165) is 17.0 Å². The number of rotatable bonds is 5. The van der Waals surface area contributed by atoms with Crippen molar-refractivity contribution in [1.82, 2.24) is 15.6 Å². The van der Waals surface area contributed by atoms with E-state index in [9.17, 15) is 4.79 Å². The Bertz CT molecular complexity index is 690. The number of aryl methyl sites for hydroxylation is 2. The third kappa shape index (κ3) is 4.08. The van der Waals surface area contributed by atoms with Gasteiger partial charge in [0, 0.05) is 17.7 Å². The molecule has 1 amide bonds. The number of nitrogens with one attached hydrogen (secondary N) is 2. The first-order valence-corrected chi connectivity index (χ1v) is 7.51. The number of carbonyl (C=O) groups is 1. The topological polar surface area (TPSA) is 70.1 Å². The van der Waals surface area contributed by atoms with E-state index in [1.807, 2.05) is 13.8 Å². The fourth-order valence-electron chi connectivity index (χ4n) is 2.03. The SMILES string of the molecule is Cc1n[nH]c(C)c1CCC(=O)NN=Cc1cccc(Cl)c1Cl. The van der Waals surface area contributed by atoms with Crippen LogP contribution in [0.2, 0.25) is 10.0 Å². The lowest BCUT2D eigenvalue weighted by Gasteiger charge is -2.02. The maximum absolute atomic E-state index is 11.8. The van der Waals surface area contributed by atoms with Crippen molar-refractivity contribution < 1.29 is 4.79 Å². The maximum atomic E-state index is 11.8. The van der Waals surface area contributed by atoms with Gasteiger partial charge in [-0.25, -0.2) is 5.43 Å². The Morgan fingerprint density at radius 3 is 2.86 bits per heavy atom. The minimum atomic E-state index is -0.172. The van der Waals surface area contributed by atoms with Crippen LogP contribution in [0.5, 0.6) is 0 Å². The zero-order valence-electron chi connectivity index (χ0n) is 12.3. The molecular formula is C15H16Cl2N4O. The molecule has 1 heterocycles. The first-order valence-electron chi connectivity index (χ1n) is 6.75. The number of benzene rings is 1. The zero-order valence-corrected chi connectivity index (χ0v) is 13.8. The van der Waals surface area contributed by atoms with Gasteiger partial charge in [-0.2, -0.15) is 10.2 Å². The van der Waals surface area contributed by atoms with E-state index in [2.05, 4.69) is 20.7 Å². The number of amides is 1. The molecule has 1 aromatic carbocycles. The summed E-state index contributed by atoms with van der Waals surface area (Å²) < 4.78 is 0. The molecule has 1 aromatic heterocycles. The average molecular weight is 339 g/mol. The molecule has 5 nitrogen and oxygen atoms in total. The fourth-order valence-corrected chi connectivity index (χ4v) is 2.39. The largest absolute Gasteiger partial charge is 0.282 e. The minimum Gasteiger partial charge on any atom is -0.282 e. The molecule has 2 rings (SSSR count). The molecule has 0 bridgehead atoms. The quantitative estimate of drug-likeness (QED) is 0.647. The van der Waals surface area contributed by atoms with Crippen molar-refractivity contribution in [3.8, 4) is 0 Å². The van der Waals surface area contributed by atoms with Crippen molar-refractivity contribution in [1.29, 1.82) is 0 Å². The van der Waals surface area contributed by atoms with Crippen molar-refractivity contribution in [3.63, 3.8) is 0 Å². The number of carbonyl (C=O) groups excluding carboxylic acids is 1. The zero-order chi connectivity index (χ0) is 16.1. The van der Waals surface area contributed by atoms with E-state index in [4.69, 9.17) is 23.2 Å². The summed E-state index contributed by atoms with van der Waals surface area (Å²) >= 11 is 11.9. The van der Waals surface area contributed by atoms with Gasteiger partial charge in [-0.3, -0.25) is 9.89 Å². The van der Waals surface area contributed by atoms with Gasteiger partial charge in [-0.15, -0.1) is 0 Å². The number of hydrazone groups is 1. The molecule has 116 valence electrons. The molecule has 2 aromatic rings. The molecular weight excluding hydrogens is 323 g/mol. The van der Waals surface area contributed by atoms with Crippen molar-refractivity contribution in [2.75, 3.05) is 0 Å². The first kappa shape index (κ1) is 16.5. The monoisotopic (exact) mass is 338 g/mol. The Labute approximate surface area is 138 Å². The smallest absolute Gasteiger partial charge is 0.240 e. The summed E-state index contributed by atoms with van der Waals surface area (Å²) in [7, 11) is 0. The third-order valence-corrected chi connectivity index (χ3v) is 4.09. The van der Waals surface area contributed by atoms with Gasteiger partial charge in [0.2, 0.25) is 5.91 Å². The predicted octanol–water partition coefficient (Wildman–Crippen LogP) is 3.42. The van der Waals surface area contributed by atoms with Gasteiger partial charge in [0.25, 0.3) is 0 Å². The first-order chi connectivity index (χ1) is 10.5. The van der Waals surface area contributed by atoms with Crippen LogP contribution in [0.1, 0.15) is 28.9 Å². The fraction of sp³-hybridized carbons (Fsp3) is 0.267. The highest BCUT2D eigenvalue weighted by Crippen LogP contribution is 2.24. The number of H-pyrrole nitrogens is 1. The molecule has 0 fully saturated rings. The van der Waals surface area contributed by atoms with E-state index < -0.39 is 0 Å². The van der Waals surface area contributed by atoms with Gasteiger partial charge in [0.1, 0.15) is 0 Å². The van der Waals surface area contributed by atoms with Crippen LogP contribution in [0.15, 0.2) is 23.3 Å². The number of hydrogen-bond donors (Lipinski definition) is 2. The second-order valence-electron chi connectivity index (χ2n) is 4.85. The second-order valence-corrected chi connectivity index (χ2v) is 5.63. The van der Waals surface area contributed by atoms with E-state index in [1.54, 1.807) is 18.2 Å². The van der Waals surface area contributed by atoms with Crippen molar-refractivity contribution in [2.24, 2.45) is 5.10 Å². The predicted molar refractivity (Wildman–Crippen MR) is 88.6 cm³/mol. The van der Waals surface area contributed by atoms with Crippen LogP contribution in [-0.4, -0.2) is 22.3 Å². The van der Waals surface area contributed by atoms with Crippen LogP contribution in [0.25, 0.3) is 0 Å². The third-order valence-electron chi connectivity index (χ3n) is 3.26. The Kier molecular flexibility index (Phi) is 5.57. The molecule has 0 aliphatic heterocycles. The number of aromatic amines is 1. The van der Waals surface area contributed by atoms with Crippen molar-refractivity contribution in [3.05, 3.63) is 50.8 Å². The molecule has 0 radical (unpaired) electrons. The number of halogens is 2.